The van der Waals surface area contributed by atoms with E-state index in [-0.39, 0.29) is 5.91 Å². The Morgan fingerprint density at radius 3 is 2.64 bits per heavy atom. The normalized spacial score (nSPS) is 10.7. The maximum atomic E-state index is 12.8. The third-order valence-corrected chi connectivity index (χ3v) is 4.22. The summed E-state index contributed by atoms with van der Waals surface area (Å²) >= 11 is 0. The van der Waals surface area contributed by atoms with Crippen LogP contribution < -0.4 is 10.2 Å². The van der Waals surface area contributed by atoms with Crippen molar-refractivity contribution in [1.29, 1.82) is 0 Å². The number of hydrogen-bond donors (Lipinski definition) is 1. The molecule has 0 fully saturated rings. The minimum Gasteiger partial charge on any atom is -0.378 e. The number of aromatic nitrogens is 1. The molecule has 3 aromatic rings. The van der Waals surface area contributed by atoms with Gasteiger partial charge in [-0.3, -0.25) is 9.78 Å². The second-order valence-corrected chi connectivity index (χ2v) is 6.58. The first-order valence-corrected chi connectivity index (χ1v) is 8.36. The molecule has 4 heteroatoms. The highest BCUT2D eigenvalue weighted by Crippen LogP contribution is 2.20. The molecule has 0 spiro atoms. The maximum absolute atomic E-state index is 12.8. The van der Waals surface area contributed by atoms with Gasteiger partial charge >= 0.3 is 0 Å². The number of aryl methyl sites for hydroxylation is 2. The van der Waals surface area contributed by atoms with Gasteiger partial charge in [-0.25, -0.2) is 0 Å². The van der Waals surface area contributed by atoms with Gasteiger partial charge in [0.15, 0.2) is 0 Å². The Labute approximate surface area is 148 Å². The van der Waals surface area contributed by atoms with Crippen LogP contribution in [-0.4, -0.2) is 25.0 Å². The van der Waals surface area contributed by atoms with Gasteiger partial charge in [-0.05, 0) is 49.7 Å². The van der Waals surface area contributed by atoms with Crippen LogP contribution in [0.2, 0.25) is 0 Å². The van der Waals surface area contributed by atoms with E-state index in [1.54, 1.807) is 0 Å². The molecule has 2 aromatic carbocycles. The summed E-state index contributed by atoms with van der Waals surface area (Å²) in [5.41, 5.74) is 5.68. The molecule has 3 rings (SSSR count). The fraction of sp³-hybridized carbons (Fsp3) is 0.238. The maximum Gasteiger partial charge on any atom is 0.252 e. The van der Waals surface area contributed by atoms with Gasteiger partial charge in [0.05, 0.1) is 11.1 Å². The minimum atomic E-state index is -0.0728. The number of pyridine rings is 1. The molecular weight excluding hydrogens is 310 g/mol. The number of benzene rings is 2. The Morgan fingerprint density at radius 2 is 1.88 bits per heavy atom. The number of hydrogen-bond acceptors (Lipinski definition) is 3. The molecule has 1 aromatic heterocycles. The van der Waals surface area contributed by atoms with Gasteiger partial charge in [-0.1, -0.05) is 23.8 Å². The molecule has 0 radical (unpaired) electrons. The van der Waals surface area contributed by atoms with E-state index in [0.717, 1.165) is 33.4 Å². The second-order valence-electron chi connectivity index (χ2n) is 6.58. The van der Waals surface area contributed by atoms with Crippen molar-refractivity contribution >= 4 is 22.5 Å². The average molecular weight is 333 g/mol. The number of fused-ring (bicyclic) bond motifs is 1. The van der Waals surface area contributed by atoms with Gasteiger partial charge in [-0.15, -0.1) is 0 Å². The van der Waals surface area contributed by atoms with Crippen molar-refractivity contribution in [3.8, 4) is 0 Å². The van der Waals surface area contributed by atoms with Gasteiger partial charge in [0.2, 0.25) is 0 Å². The lowest BCUT2D eigenvalue weighted by Gasteiger charge is -2.14. The zero-order chi connectivity index (χ0) is 18.0. The summed E-state index contributed by atoms with van der Waals surface area (Å²) in [5, 5.41) is 3.93. The third-order valence-electron chi connectivity index (χ3n) is 4.22. The summed E-state index contributed by atoms with van der Waals surface area (Å²) in [7, 11) is 4.01. The molecule has 0 atom stereocenters. The Hall–Kier alpha value is -2.88. The monoisotopic (exact) mass is 333 g/mol. The summed E-state index contributed by atoms with van der Waals surface area (Å²) in [6.07, 6.45) is 0. The van der Waals surface area contributed by atoms with Crippen LogP contribution in [0.4, 0.5) is 5.69 Å². The molecule has 25 heavy (non-hydrogen) atoms. The quantitative estimate of drug-likeness (QED) is 0.789. The minimum absolute atomic E-state index is 0.0728. The number of carbonyl (C=O) groups excluding carboxylic acids is 1. The molecule has 4 nitrogen and oxygen atoms in total. The smallest absolute Gasteiger partial charge is 0.252 e. The van der Waals surface area contributed by atoms with Gasteiger partial charge in [0.25, 0.3) is 5.91 Å². The van der Waals surface area contributed by atoms with Crippen LogP contribution >= 0.6 is 0 Å². The lowest BCUT2D eigenvalue weighted by Crippen LogP contribution is -2.23. The van der Waals surface area contributed by atoms with Crippen LogP contribution in [0, 0.1) is 13.8 Å². The van der Waals surface area contributed by atoms with Crippen molar-refractivity contribution in [3.63, 3.8) is 0 Å². The zero-order valence-corrected chi connectivity index (χ0v) is 15.1. The predicted octanol–water partition coefficient (Wildman–Crippen LogP) is 3.85. The summed E-state index contributed by atoms with van der Waals surface area (Å²) in [5.74, 6) is -0.0728. The lowest BCUT2D eigenvalue weighted by atomic mass is 10.0. The highest BCUT2D eigenvalue weighted by Gasteiger charge is 2.12. The van der Waals surface area contributed by atoms with Crippen LogP contribution in [0.5, 0.6) is 0 Å². The molecule has 0 bridgehead atoms. The van der Waals surface area contributed by atoms with E-state index < -0.39 is 0 Å². The summed E-state index contributed by atoms with van der Waals surface area (Å²) in [6, 6.07) is 16.0. The summed E-state index contributed by atoms with van der Waals surface area (Å²) in [4.78, 5) is 19.3. The van der Waals surface area contributed by atoms with E-state index in [1.165, 1.54) is 0 Å². The van der Waals surface area contributed by atoms with Crippen molar-refractivity contribution in [1.82, 2.24) is 10.3 Å². The predicted molar refractivity (Wildman–Crippen MR) is 103 cm³/mol. The summed E-state index contributed by atoms with van der Waals surface area (Å²) < 4.78 is 0. The molecule has 1 heterocycles. The molecule has 0 saturated heterocycles. The van der Waals surface area contributed by atoms with E-state index in [9.17, 15) is 4.79 Å². The first-order chi connectivity index (χ1) is 11.9. The third kappa shape index (κ3) is 3.79. The van der Waals surface area contributed by atoms with E-state index in [0.29, 0.717) is 12.1 Å². The fourth-order valence-electron chi connectivity index (χ4n) is 2.88. The van der Waals surface area contributed by atoms with Crippen molar-refractivity contribution in [2.75, 3.05) is 19.0 Å². The largest absolute Gasteiger partial charge is 0.378 e. The van der Waals surface area contributed by atoms with Crippen molar-refractivity contribution < 1.29 is 4.79 Å². The second kappa shape index (κ2) is 6.93. The Balaban J connectivity index is 1.85. The number of anilines is 1. The Bertz CT molecular complexity index is 932. The van der Waals surface area contributed by atoms with Crippen LogP contribution in [0.1, 0.15) is 27.2 Å². The number of carbonyl (C=O) groups is 1. The molecule has 128 valence electrons. The first kappa shape index (κ1) is 17.0. The van der Waals surface area contributed by atoms with Gasteiger partial charge in [-0.2, -0.15) is 0 Å². The molecule has 0 aliphatic rings. The van der Waals surface area contributed by atoms with Crippen molar-refractivity contribution in [3.05, 3.63) is 70.9 Å². The highest BCUT2D eigenvalue weighted by molar-refractivity contribution is 6.06. The highest BCUT2D eigenvalue weighted by atomic mass is 16.1. The molecule has 0 saturated carbocycles. The standard InChI is InChI=1S/C21H23N3O/c1-14-8-9-20-18(10-14)19(11-15(2)23-20)21(25)22-13-16-6-5-7-17(12-16)24(3)4/h5-12H,13H2,1-4H3,(H,22,25). The molecule has 1 amide bonds. The van der Waals surface area contributed by atoms with Gasteiger partial charge in [0, 0.05) is 37.4 Å². The number of rotatable bonds is 4. The van der Waals surface area contributed by atoms with E-state index >= 15 is 0 Å². The SMILES string of the molecule is Cc1ccc2nc(C)cc(C(=O)NCc3cccc(N(C)C)c3)c2c1. The van der Waals surface area contributed by atoms with E-state index in [2.05, 4.69) is 16.4 Å². The van der Waals surface area contributed by atoms with Crippen molar-refractivity contribution in [2.24, 2.45) is 0 Å². The van der Waals surface area contributed by atoms with E-state index in [1.807, 2.05) is 75.3 Å². The molecular formula is C21H23N3O. The van der Waals surface area contributed by atoms with E-state index in [4.69, 9.17) is 0 Å². The van der Waals surface area contributed by atoms with Crippen LogP contribution in [-0.2, 0) is 6.54 Å². The van der Waals surface area contributed by atoms with Crippen LogP contribution in [0.15, 0.2) is 48.5 Å². The Kier molecular flexibility index (Phi) is 4.70. The average Bonchev–Trinajstić information content (AvgIpc) is 2.59. The fourth-order valence-corrected chi connectivity index (χ4v) is 2.88. The summed E-state index contributed by atoms with van der Waals surface area (Å²) in [6.45, 7) is 4.43. The number of amides is 1. The van der Waals surface area contributed by atoms with Crippen molar-refractivity contribution in [2.45, 2.75) is 20.4 Å². The molecule has 0 aliphatic heterocycles. The number of nitrogens with zero attached hydrogens (tertiary/aromatic N) is 2. The molecule has 1 N–H and O–H groups in total. The first-order valence-electron chi connectivity index (χ1n) is 8.36. The van der Waals surface area contributed by atoms with Gasteiger partial charge < -0.3 is 10.2 Å². The Morgan fingerprint density at radius 1 is 1.08 bits per heavy atom. The van der Waals surface area contributed by atoms with Crippen LogP contribution in [0.3, 0.4) is 0 Å². The zero-order valence-electron chi connectivity index (χ0n) is 15.1. The molecule has 0 aliphatic carbocycles. The lowest BCUT2D eigenvalue weighted by molar-refractivity contribution is 0.0952. The topological polar surface area (TPSA) is 45.2 Å². The van der Waals surface area contributed by atoms with Gasteiger partial charge in [0.1, 0.15) is 0 Å². The molecule has 0 unspecified atom stereocenters. The number of nitrogens with one attached hydrogen (secondary N) is 1. The van der Waals surface area contributed by atoms with Crippen LogP contribution in [0.25, 0.3) is 10.9 Å².